The van der Waals surface area contributed by atoms with Crippen LogP contribution in [0.25, 0.3) is 0 Å². The summed E-state index contributed by atoms with van der Waals surface area (Å²) >= 11 is 3.27. The summed E-state index contributed by atoms with van der Waals surface area (Å²) in [5.41, 5.74) is 0.687. The number of rotatable bonds is 5. The van der Waals surface area contributed by atoms with Crippen LogP contribution in [0.2, 0.25) is 0 Å². The minimum absolute atomic E-state index is 0.100. The van der Waals surface area contributed by atoms with Gasteiger partial charge in [-0.2, -0.15) is 0 Å². The Labute approximate surface area is 122 Å². The molecule has 1 aromatic carbocycles. The molecule has 0 bridgehead atoms. The van der Waals surface area contributed by atoms with Crippen LogP contribution in [0, 0.1) is 5.92 Å². The topological polar surface area (TPSA) is 57.6 Å². The molecule has 4 nitrogen and oxygen atoms in total. The van der Waals surface area contributed by atoms with Gasteiger partial charge in [0.05, 0.1) is 11.5 Å². The fraction of sp³-hybridized carbons (Fsp3) is 0.538. The molecule has 1 saturated carbocycles. The molecule has 6 heteroatoms. The van der Waals surface area contributed by atoms with E-state index in [-0.39, 0.29) is 11.5 Å². The summed E-state index contributed by atoms with van der Waals surface area (Å²) in [5.74, 6) is 0.496. The summed E-state index contributed by atoms with van der Waals surface area (Å²) in [6.45, 7) is 0.480. The zero-order valence-corrected chi connectivity index (χ0v) is 13.2. The minimum atomic E-state index is -3.46. The number of hydrogen-bond donors (Lipinski definition) is 1. The molecule has 1 fully saturated rings. The zero-order chi connectivity index (χ0) is 14.0. The number of sulfonamides is 1. The monoisotopic (exact) mass is 347 g/mol. The maximum atomic E-state index is 12.5. The van der Waals surface area contributed by atoms with Crippen molar-refractivity contribution in [3.63, 3.8) is 0 Å². The van der Waals surface area contributed by atoms with Gasteiger partial charge in [-0.05, 0) is 52.4 Å². The highest BCUT2D eigenvalue weighted by molar-refractivity contribution is 9.10. The lowest BCUT2D eigenvalue weighted by Crippen LogP contribution is -2.34. The first kappa shape index (κ1) is 15.0. The lowest BCUT2D eigenvalue weighted by atomic mass is 9.86. The van der Waals surface area contributed by atoms with Gasteiger partial charge in [-0.15, -0.1) is 0 Å². The molecule has 19 heavy (non-hydrogen) atoms. The molecule has 2 rings (SSSR count). The Morgan fingerprint density at radius 1 is 1.42 bits per heavy atom. The molecule has 1 N–H and O–H groups in total. The van der Waals surface area contributed by atoms with Crippen LogP contribution in [0.3, 0.4) is 0 Å². The second-order valence-electron chi connectivity index (χ2n) is 5.01. The molecule has 0 saturated heterocycles. The van der Waals surface area contributed by atoms with E-state index in [2.05, 4.69) is 15.9 Å². The van der Waals surface area contributed by atoms with E-state index in [0.29, 0.717) is 22.5 Å². The van der Waals surface area contributed by atoms with Crippen molar-refractivity contribution in [2.24, 2.45) is 5.92 Å². The Morgan fingerprint density at radius 3 is 2.58 bits per heavy atom. The van der Waals surface area contributed by atoms with Gasteiger partial charge in [-0.3, -0.25) is 0 Å². The van der Waals surface area contributed by atoms with Crippen LogP contribution in [0.1, 0.15) is 24.8 Å². The molecule has 0 radical (unpaired) electrons. The smallest absolute Gasteiger partial charge is 0.243 e. The number of benzene rings is 1. The number of aliphatic hydroxyl groups excluding tert-OH is 1. The van der Waals surface area contributed by atoms with Gasteiger partial charge >= 0.3 is 0 Å². The molecule has 0 spiro atoms. The van der Waals surface area contributed by atoms with Crippen molar-refractivity contribution >= 4 is 26.0 Å². The maximum absolute atomic E-state index is 12.5. The van der Waals surface area contributed by atoms with Gasteiger partial charge in [-0.25, -0.2) is 12.7 Å². The molecule has 1 aliphatic carbocycles. The Kier molecular flexibility index (Phi) is 4.66. The molecule has 0 heterocycles. The van der Waals surface area contributed by atoms with Crippen molar-refractivity contribution < 1.29 is 13.5 Å². The Balaban J connectivity index is 2.22. The Hall–Kier alpha value is -0.430. The standard InChI is InChI=1S/C13H18BrNO3S/c1-15(8-10-3-2-4-10)19(17,18)13-6-5-11(9-16)7-12(13)14/h5-7,10,16H,2-4,8-9H2,1H3. The molecule has 0 unspecified atom stereocenters. The highest BCUT2D eigenvalue weighted by Crippen LogP contribution is 2.30. The lowest BCUT2D eigenvalue weighted by Gasteiger charge is -2.29. The molecule has 1 aliphatic rings. The van der Waals surface area contributed by atoms with Crippen molar-refractivity contribution in [2.75, 3.05) is 13.6 Å². The summed E-state index contributed by atoms with van der Waals surface area (Å²) < 4.78 is 26.8. The fourth-order valence-electron chi connectivity index (χ4n) is 2.16. The Morgan fingerprint density at radius 2 is 2.11 bits per heavy atom. The average Bonchev–Trinajstić information content (AvgIpc) is 2.32. The van der Waals surface area contributed by atoms with Crippen LogP contribution in [-0.2, 0) is 16.6 Å². The van der Waals surface area contributed by atoms with E-state index >= 15 is 0 Å². The minimum Gasteiger partial charge on any atom is -0.392 e. The SMILES string of the molecule is CN(CC1CCC1)S(=O)(=O)c1ccc(CO)cc1Br. The van der Waals surface area contributed by atoms with Crippen molar-refractivity contribution in [1.29, 1.82) is 0 Å². The number of nitrogens with zero attached hydrogens (tertiary/aromatic N) is 1. The third-order valence-corrected chi connectivity index (χ3v) is 6.41. The second-order valence-corrected chi connectivity index (χ2v) is 7.87. The number of halogens is 1. The first-order chi connectivity index (χ1) is 8.95. The summed E-state index contributed by atoms with van der Waals surface area (Å²) in [4.78, 5) is 0.256. The Bertz CT molecular complexity index is 555. The van der Waals surface area contributed by atoms with Crippen molar-refractivity contribution in [3.05, 3.63) is 28.2 Å². The molecule has 0 aromatic heterocycles. The molecule has 106 valence electrons. The van der Waals surface area contributed by atoms with Crippen LogP contribution in [-0.4, -0.2) is 31.4 Å². The molecule has 1 aromatic rings. The molecular weight excluding hydrogens is 330 g/mol. The van der Waals surface area contributed by atoms with Crippen LogP contribution in [0.15, 0.2) is 27.6 Å². The van der Waals surface area contributed by atoms with E-state index in [1.807, 2.05) is 0 Å². The van der Waals surface area contributed by atoms with Gasteiger partial charge in [0.1, 0.15) is 0 Å². The van der Waals surface area contributed by atoms with Crippen LogP contribution < -0.4 is 0 Å². The molecule has 0 amide bonds. The van der Waals surface area contributed by atoms with Gasteiger partial charge in [-0.1, -0.05) is 12.5 Å². The van der Waals surface area contributed by atoms with Gasteiger partial charge in [0.25, 0.3) is 0 Å². The van der Waals surface area contributed by atoms with Gasteiger partial charge in [0.2, 0.25) is 10.0 Å². The normalized spacial score (nSPS) is 16.6. The van der Waals surface area contributed by atoms with Crippen molar-refractivity contribution in [1.82, 2.24) is 4.31 Å². The van der Waals surface area contributed by atoms with E-state index in [4.69, 9.17) is 5.11 Å². The van der Waals surface area contributed by atoms with E-state index in [0.717, 1.165) is 12.8 Å². The summed E-state index contributed by atoms with van der Waals surface area (Å²) in [6.07, 6.45) is 3.43. The maximum Gasteiger partial charge on any atom is 0.243 e. The van der Waals surface area contributed by atoms with E-state index in [1.54, 1.807) is 25.2 Å². The van der Waals surface area contributed by atoms with Gasteiger partial charge in [0.15, 0.2) is 0 Å². The fourth-order valence-corrected chi connectivity index (χ4v) is 4.48. The van der Waals surface area contributed by atoms with Gasteiger partial charge < -0.3 is 5.11 Å². The average molecular weight is 348 g/mol. The first-order valence-corrected chi connectivity index (χ1v) is 8.54. The highest BCUT2D eigenvalue weighted by atomic mass is 79.9. The predicted octanol–water partition coefficient (Wildman–Crippen LogP) is 2.36. The first-order valence-electron chi connectivity index (χ1n) is 6.31. The van der Waals surface area contributed by atoms with Crippen LogP contribution >= 0.6 is 15.9 Å². The number of hydrogen-bond acceptors (Lipinski definition) is 3. The summed E-state index contributed by atoms with van der Waals surface area (Å²) in [6, 6.07) is 4.82. The van der Waals surface area contributed by atoms with Crippen LogP contribution in [0.4, 0.5) is 0 Å². The number of aliphatic hydroxyl groups is 1. The van der Waals surface area contributed by atoms with E-state index < -0.39 is 10.0 Å². The highest BCUT2D eigenvalue weighted by Gasteiger charge is 2.28. The molecule has 0 atom stereocenters. The van der Waals surface area contributed by atoms with Crippen molar-refractivity contribution in [2.45, 2.75) is 30.8 Å². The largest absolute Gasteiger partial charge is 0.392 e. The predicted molar refractivity (Wildman–Crippen MR) is 77.2 cm³/mol. The lowest BCUT2D eigenvalue weighted by molar-refractivity contribution is 0.263. The van der Waals surface area contributed by atoms with E-state index in [9.17, 15) is 8.42 Å². The summed E-state index contributed by atoms with van der Waals surface area (Å²) in [7, 11) is -1.84. The second kappa shape index (κ2) is 5.91. The van der Waals surface area contributed by atoms with Crippen molar-refractivity contribution in [3.8, 4) is 0 Å². The molecule has 0 aliphatic heterocycles. The van der Waals surface area contributed by atoms with Crippen LogP contribution in [0.5, 0.6) is 0 Å². The third-order valence-electron chi connectivity index (χ3n) is 3.61. The van der Waals surface area contributed by atoms with Gasteiger partial charge in [0, 0.05) is 18.1 Å². The molecular formula is C13H18BrNO3S. The quantitative estimate of drug-likeness (QED) is 0.889. The summed E-state index contributed by atoms with van der Waals surface area (Å²) in [5, 5.41) is 9.04. The zero-order valence-electron chi connectivity index (χ0n) is 10.8. The third kappa shape index (κ3) is 3.18. The van der Waals surface area contributed by atoms with E-state index in [1.165, 1.54) is 10.7 Å².